The summed E-state index contributed by atoms with van der Waals surface area (Å²) in [5.74, 6) is 0. The number of hydrogen-bond donors (Lipinski definition) is 0. The van der Waals surface area contributed by atoms with Gasteiger partial charge in [-0.25, -0.2) is 0 Å². The second-order valence-corrected chi connectivity index (χ2v) is 32.2. The van der Waals surface area contributed by atoms with Gasteiger partial charge in [0.2, 0.25) is 0 Å². The van der Waals surface area contributed by atoms with Gasteiger partial charge in [0, 0.05) is 55.0 Å². The van der Waals surface area contributed by atoms with Crippen molar-refractivity contribution in [3.8, 4) is 11.1 Å². The van der Waals surface area contributed by atoms with E-state index >= 15 is 0 Å². The van der Waals surface area contributed by atoms with Gasteiger partial charge in [-0.15, -0.1) is 0 Å². The highest BCUT2D eigenvalue weighted by Crippen LogP contribution is 2.59. The predicted molar refractivity (Wildman–Crippen MR) is 364 cm³/mol. The lowest BCUT2D eigenvalue weighted by atomic mass is 9.33. The molecule has 2 heterocycles. The molecule has 0 fully saturated rings. The second kappa shape index (κ2) is 18.4. The molecule has 3 aliphatic carbocycles. The van der Waals surface area contributed by atoms with E-state index in [-0.39, 0.29) is 44.6 Å². The lowest BCUT2D eigenvalue weighted by molar-refractivity contribution is 0.332. The van der Waals surface area contributed by atoms with Crippen LogP contribution in [0.4, 0.5) is 51.2 Å². The molecule has 0 spiro atoms. The number of aryl methyl sites for hydroxylation is 1. The maximum Gasteiger partial charge on any atom is 0.252 e. The highest BCUT2D eigenvalue weighted by Gasteiger charge is 2.50. The molecule has 13 rings (SSSR count). The van der Waals surface area contributed by atoms with Crippen molar-refractivity contribution in [1.29, 1.82) is 0 Å². The van der Waals surface area contributed by atoms with Crippen molar-refractivity contribution < 1.29 is 4.11 Å². The van der Waals surface area contributed by atoms with E-state index in [4.69, 9.17) is 0 Å². The fourth-order valence-electron chi connectivity index (χ4n) is 15.8. The van der Waals surface area contributed by atoms with Gasteiger partial charge in [-0.3, -0.25) is 0 Å². The number of hydrogen-bond acceptors (Lipinski definition) is 3. The van der Waals surface area contributed by atoms with E-state index in [1.165, 1.54) is 72.1 Å². The van der Waals surface area contributed by atoms with Gasteiger partial charge in [-0.2, -0.15) is 0 Å². The SMILES string of the molecule is [2H]C([2H])([2H])c1cc2c3c(c1)N(c1ccc(C(C)(C)C)c4c1C(C)(C)c1ccccc1-4)c1cc(N(c4ccc(C(C)(C)C)cc4)c4ccc(C(C)(C)C)cc4)ccc1B3c1cc3c(cc1N2c1ccc2c(c1)C(C)(C)CCC2(C)C)C(C)(C)CCC3(C)C. The van der Waals surface area contributed by atoms with E-state index in [9.17, 15) is 4.11 Å². The molecule has 0 saturated heterocycles. The van der Waals surface area contributed by atoms with Crippen LogP contribution in [0.1, 0.15) is 217 Å². The first kappa shape index (κ1) is 52.8. The molecule has 8 aromatic carbocycles. The molecule has 84 heavy (non-hydrogen) atoms. The van der Waals surface area contributed by atoms with Gasteiger partial charge in [0.05, 0.1) is 5.69 Å². The summed E-state index contributed by atoms with van der Waals surface area (Å²) >= 11 is 0. The van der Waals surface area contributed by atoms with Crippen LogP contribution in [0.3, 0.4) is 0 Å². The minimum Gasteiger partial charge on any atom is -0.311 e. The zero-order chi connectivity index (χ0) is 62.5. The Hall–Kier alpha value is -6.78. The largest absolute Gasteiger partial charge is 0.311 e. The van der Waals surface area contributed by atoms with Crippen LogP contribution in [0, 0.1) is 6.85 Å². The van der Waals surface area contributed by atoms with Crippen LogP contribution in [0.15, 0.2) is 146 Å². The molecule has 0 N–H and O–H groups in total. The third kappa shape index (κ3) is 8.62. The van der Waals surface area contributed by atoms with Crippen molar-refractivity contribution in [2.24, 2.45) is 0 Å². The highest BCUT2D eigenvalue weighted by molar-refractivity contribution is 7.00. The fraction of sp³-hybridized carbons (Fsp3) is 0.400. The molecule has 8 aromatic rings. The zero-order valence-corrected chi connectivity index (χ0v) is 54.1. The molecule has 0 saturated carbocycles. The van der Waals surface area contributed by atoms with Gasteiger partial charge in [0.15, 0.2) is 0 Å². The van der Waals surface area contributed by atoms with Crippen LogP contribution in [-0.2, 0) is 43.3 Å². The van der Waals surface area contributed by atoms with Gasteiger partial charge < -0.3 is 14.7 Å². The van der Waals surface area contributed by atoms with Crippen LogP contribution in [0.5, 0.6) is 0 Å². The summed E-state index contributed by atoms with van der Waals surface area (Å²) < 4.78 is 28.6. The van der Waals surface area contributed by atoms with Crippen molar-refractivity contribution >= 4 is 74.3 Å². The normalized spacial score (nSPS) is 18.9. The molecule has 2 aliphatic heterocycles. The summed E-state index contributed by atoms with van der Waals surface area (Å²) in [6.45, 7) is 42.2. The predicted octanol–water partition coefficient (Wildman–Crippen LogP) is 20.4. The minimum atomic E-state index is -2.44. The highest BCUT2D eigenvalue weighted by atomic mass is 15.2. The van der Waals surface area contributed by atoms with Crippen LogP contribution in [0.2, 0.25) is 0 Å². The number of benzene rings is 8. The second-order valence-electron chi connectivity index (χ2n) is 32.2. The number of nitrogens with zero attached hydrogens (tertiary/aromatic N) is 3. The summed E-state index contributed by atoms with van der Waals surface area (Å²) in [5.41, 5.74) is 27.0. The molecule has 0 radical (unpaired) electrons. The summed E-state index contributed by atoms with van der Waals surface area (Å²) in [6, 6.07) is 55.9. The number of fused-ring (bicyclic) bond motifs is 9. The third-order valence-corrected chi connectivity index (χ3v) is 21.1. The first-order valence-corrected chi connectivity index (χ1v) is 31.5. The Balaban J connectivity index is 1.18. The van der Waals surface area contributed by atoms with Crippen molar-refractivity contribution in [1.82, 2.24) is 0 Å². The molecule has 0 bridgehead atoms. The van der Waals surface area contributed by atoms with Crippen LogP contribution in [0.25, 0.3) is 11.1 Å². The Labute approximate surface area is 510 Å². The molecule has 0 atom stereocenters. The minimum absolute atomic E-state index is 0.0178. The lowest BCUT2D eigenvalue weighted by Gasteiger charge is -2.48. The van der Waals surface area contributed by atoms with Crippen molar-refractivity contribution in [2.45, 2.75) is 207 Å². The Kier molecular flexibility index (Phi) is 11.5. The first-order chi connectivity index (χ1) is 40.4. The van der Waals surface area contributed by atoms with Gasteiger partial charge in [0.1, 0.15) is 0 Å². The Morgan fingerprint density at radius 3 is 1.50 bits per heavy atom. The lowest BCUT2D eigenvalue weighted by Crippen LogP contribution is -2.62. The molecule has 430 valence electrons. The molecule has 0 amide bonds. The molecule has 5 aliphatic rings. The summed E-state index contributed by atoms with van der Waals surface area (Å²) in [6.07, 6.45) is 4.37. The standard InChI is InChI=1S/C80H92BN3/c1-49-43-68-72-69(44-49)84(65-38-36-59(75(8,9)10)70-56-23-21-22-24-57(56)80(19,20)71(65)70)66-46-55(82(52-29-25-50(26-30-52)73(2,3)4)53-31-27-51(28-32-53)74(5,6)7)34-37-63(66)81(72)64-47-61-62(79(17,18)42-41-78(61,15)16)48-67(64)83(68)54-33-35-58-60(45-54)77(13,14)40-39-76(58,11)12/h21-38,43-48H,39-42H2,1-20H3/i1D3. The van der Waals surface area contributed by atoms with Crippen LogP contribution >= 0.6 is 0 Å². The molecule has 0 aromatic heterocycles. The van der Waals surface area contributed by atoms with Gasteiger partial charge in [-0.05, 0) is 226 Å². The molecular formula is C80H92BN3. The third-order valence-electron chi connectivity index (χ3n) is 21.1. The van der Waals surface area contributed by atoms with E-state index < -0.39 is 12.3 Å². The van der Waals surface area contributed by atoms with Crippen LogP contribution < -0.4 is 31.1 Å². The van der Waals surface area contributed by atoms with Crippen molar-refractivity contribution in [3.63, 3.8) is 0 Å². The topological polar surface area (TPSA) is 9.72 Å². The molecule has 3 nitrogen and oxygen atoms in total. The van der Waals surface area contributed by atoms with Gasteiger partial charge in [0.25, 0.3) is 6.71 Å². The van der Waals surface area contributed by atoms with Crippen molar-refractivity contribution in [2.75, 3.05) is 14.7 Å². The monoisotopic (exact) mass is 1110 g/mol. The Morgan fingerprint density at radius 2 is 0.940 bits per heavy atom. The smallest absolute Gasteiger partial charge is 0.252 e. The first-order valence-electron chi connectivity index (χ1n) is 33.0. The number of rotatable bonds is 5. The van der Waals surface area contributed by atoms with E-state index in [1.54, 1.807) is 0 Å². The molecule has 4 heteroatoms. The van der Waals surface area contributed by atoms with Crippen molar-refractivity contribution in [3.05, 3.63) is 201 Å². The Morgan fingerprint density at radius 1 is 0.429 bits per heavy atom. The zero-order valence-electron chi connectivity index (χ0n) is 57.1. The maximum absolute atomic E-state index is 9.55. The maximum atomic E-state index is 9.55. The van der Waals surface area contributed by atoms with E-state index in [0.29, 0.717) is 5.56 Å². The fourth-order valence-corrected chi connectivity index (χ4v) is 15.8. The average Bonchev–Trinajstić information content (AvgIpc) is 1.54. The van der Waals surface area contributed by atoms with Gasteiger partial charge >= 0.3 is 0 Å². The Bertz CT molecular complexity index is 4080. The molecular weight excluding hydrogens is 1010 g/mol. The summed E-state index contributed by atoms with van der Waals surface area (Å²) in [7, 11) is 0. The molecule has 0 unspecified atom stereocenters. The van der Waals surface area contributed by atoms with E-state index in [1.807, 2.05) is 0 Å². The summed E-state index contributed by atoms with van der Waals surface area (Å²) in [5, 5.41) is 0. The van der Waals surface area contributed by atoms with E-state index in [2.05, 4.69) is 292 Å². The van der Waals surface area contributed by atoms with Gasteiger partial charge in [-0.1, -0.05) is 204 Å². The average molecular weight is 1110 g/mol. The quantitative estimate of drug-likeness (QED) is 0.159. The van der Waals surface area contributed by atoms with Crippen LogP contribution in [-0.4, -0.2) is 6.71 Å². The summed E-state index contributed by atoms with van der Waals surface area (Å²) in [4.78, 5) is 7.46. The van der Waals surface area contributed by atoms with E-state index in [0.717, 1.165) is 82.3 Å². The number of anilines is 9.